The number of aryl methyl sites for hydroxylation is 3. The summed E-state index contributed by atoms with van der Waals surface area (Å²) in [4.78, 5) is 23.0. The maximum absolute atomic E-state index is 12.4. The number of hydrogen-bond donors (Lipinski definition) is 0. The molecule has 0 saturated carbocycles. The minimum absolute atomic E-state index is 0.101. The number of benzene rings is 3. The number of ether oxygens (including phenoxy) is 1. The zero-order valence-corrected chi connectivity index (χ0v) is 15.4. The molecule has 27 heavy (non-hydrogen) atoms. The SMILES string of the molecule is Cc1cccc(-c2ccc(OC(=O)c3ccc(C)c([N+](=O)[O-])c3)c(C)c2)c1. The summed E-state index contributed by atoms with van der Waals surface area (Å²) in [6.45, 7) is 5.52. The summed E-state index contributed by atoms with van der Waals surface area (Å²) in [5, 5.41) is 11.1. The normalized spacial score (nSPS) is 10.5. The molecule has 136 valence electrons. The van der Waals surface area contributed by atoms with Crippen LogP contribution in [-0.2, 0) is 0 Å². The molecule has 0 amide bonds. The quantitative estimate of drug-likeness (QED) is 0.270. The Hall–Kier alpha value is -3.47. The zero-order valence-electron chi connectivity index (χ0n) is 15.4. The molecule has 0 heterocycles. The second kappa shape index (κ2) is 7.41. The van der Waals surface area contributed by atoms with E-state index in [1.54, 1.807) is 19.1 Å². The van der Waals surface area contributed by atoms with Crippen LogP contribution in [0, 0.1) is 30.9 Å². The molecule has 3 aromatic carbocycles. The van der Waals surface area contributed by atoms with Crippen LogP contribution in [0.3, 0.4) is 0 Å². The van der Waals surface area contributed by atoms with E-state index in [0.29, 0.717) is 11.3 Å². The summed E-state index contributed by atoms with van der Waals surface area (Å²) in [5.74, 6) is -0.191. The zero-order chi connectivity index (χ0) is 19.6. The molecule has 0 spiro atoms. The molecule has 0 radical (unpaired) electrons. The van der Waals surface area contributed by atoms with Gasteiger partial charge in [0.25, 0.3) is 5.69 Å². The number of rotatable bonds is 4. The number of esters is 1. The van der Waals surface area contributed by atoms with Gasteiger partial charge >= 0.3 is 5.97 Å². The molecule has 0 aliphatic rings. The molecule has 0 N–H and O–H groups in total. The lowest BCUT2D eigenvalue weighted by atomic mass is 10.0. The Balaban J connectivity index is 1.85. The average Bonchev–Trinajstić information content (AvgIpc) is 2.63. The van der Waals surface area contributed by atoms with Crippen LogP contribution in [0.2, 0.25) is 0 Å². The summed E-state index contributed by atoms with van der Waals surface area (Å²) in [6, 6.07) is 18.1. The van der Waals surface area contributed by atoms with E-state index in [2.05, 4.69) is 6.07 Å². The molecule has 3 aromatic rings. The highest BCUT2D eigenvalue weighted by Gasteiger charge is 2.17. The monoisotopic (exact) mass is 361 g/mol. The number of nitro groups is 1. The Bertz CT molecular complexity index is 1040. The molecule has 3 rings (SSSR count). The third-order valence-electron chi connectivity index (χ3n) is 4.37. The van der Waals surface area contributed by atoms with E-state index in [-0.39, 0.29) is 11.3 Å². The highest BCUT2D eigenvalue weighted by Crippen LogP contribution is 2.28. The molecular weight excluding hydrogens is 342 g/mol. The van der Waals surface area contributed by atoms with Gasteiger partial charge in [-0.2, -0.15) is 0 Å². The minimum atomic E-state index is -0.621. The summed E-state index contributed by atoms with van der Waals surface area (Å²) >= 11 is 0. The predicted molar refractivity (Wildman–Crippen MR) is 104 cm³/mol. The van der Waals surface area contributed by atoms with Crippen molar-refractivity contribution in [2.75, 3.05) is 0 Å². The first kappa shape index (κ1) is 18.3. The van der Waals surface area contributed by atoms with Gasteiger partial charge < -0.3 is 4.74 Å². The highest BCUT2D eigenvalue weighted by molar-refractivity contribution is 5.92. The number of nitro benzene ring substituents is 1. The fourth-order valence-electron chi connectivity index (χ4n) is 2.86. The molecule has 0 aliphatic carbocycles. The first-order chi connectivity index (χ1) is 12.8. The lowest BCUT2D eigenvalue weighted by Crippen LogP contribution is -2.10. The van der Waals surface area contributed by atoms with E-state index in [1.807, 2.05) is 44.2 Å². The minimum Gasteiger partial charge on any atom is -0.423 e. The lowest BCUT2D eigenvalue weighted by Gasteiger charge is -2.10. The van der Waals surface area contributed by atoms with Gasteiger partial charge in [0.1, 0.15) is 5.75 Å². The maximum Gasteiger partial charge on any atom is 0.343 e. The molecule has 0 bridgehead atoms. The van der Waals surface area contributed by atoms with Gasteiger partial charge in [-0.05, 0) is 55.7 Å². The number of nitrogens with zero attached hydrogens (tertiary/aromatic N) is 1. The number of hydrogen-bond acceptors (Lipinski definition) is 4. The van der Waals surface area contributed by atoms with Crippen molar-refractivity contribution in [3.8, 4) is 16.9 Å². The molecule has 0 atom stereocenters. The fraction of sp³-hybridized carbons (Fsp3) is 0.136. The van der Waals surface area contributed by atoms with Crippen LogP contribution in [0.4, 0.5) is 5.69 Å². The highest BCUT2D eigenvalue weighted by atomic mass is 16.6. The van der Waals surface area contributed by atoms with Crippen LogP contribution >= 0.6 is 0 Å². The first-order valence-electron chi connectivity index (χ1n) is 8.50. The van der Waals surface area contributed by atoms with E-state index < -0.39 is 10.9 Å². The Morgan fingerprint density at radius 3 is 2.30 bits per heavy atom. The Kier molecular flexibility index (Phi) is 5.03. The molecule has 0 fully saturated rings. The topological polar surface area (TPSA) is 69.4 Å². The second-order valence-electron chi connectivity index (χ2n) is 6.50. The predicted octanol–water partition coefficient (Wildman–Crippen LogP) is 5.41. The summed E-state index contributed by atoms with van der Waals surface area (Å²) in [5.41, 5.74) is 4.64. The Labute approximate surface area is 157 Å². The van der Waals surface area contributed by atoms with E-state index in [9.17, 15) is 14.9 Å². The molecule has 0 aromatic heterocycles. The van der Waals surface area contributed by atoms with Gasteiger partial charge in [-0.25, -0.2) is 4.79 Å². The van der Waals surface area contributed by atoms with Crippen LogP contribution in [-0.4, -0.2) is 10.9 Å². The van der Waals surface area contributed by atoms with Gasteiger partial charge in [0, 0.05) is 11.6 Å². The van der Waals surface area contributed by atoms with Gasteiger partial charge in [0.05, 0.1) is 10.5 Å². The van der Waals surface area contributed by atoms with Crippen molar-refractivity contribution < 1.29 is 14.5 Å². The van der Waals surface area contributed by atoms with E-state index >= 15 is 0 Å². The smallest absolute Gasteiger partial charge is 0.343 e. The fourth-order valence-corrected chi connectivity index (χ4v) is 2.86. The van der Waals surface area contributed by atoms with Crippen molar-refractivity contribution in [1.82, 2.24) is 0 Å². The van der Waals surface area contributed by atoms with Crippen molar-refractivity contribution in [2.24, 2.45) is 0 Å². The maximum atomic E-state index is 12.4. The molecule has 0 saturated heterocycles. The standard InChI is InChI=1S/C22H19NO4/c1-14-5-4-6-17(11-14)18-9-10-21(16(3)12-18)27-22(24)19-8-7-15(2)20(13-19)23(25)26/h4-13H,1-3H3. The van der Waals surface area contributed by atoms with E-state index in [4.69, 9.17) is 4.74 Å². The second-order valence-corrected chi connectivity index (χ2v) is 6.50. The van der Waals surface area contributed by atoms with Crippen LogP contribution in [0.15, 0.2) is 60.7 Å². The van der Waals surface area contributed by atoms with Crippen LogP contribution < -0.4 is 4.74 Å². The van der Waals surface area contributed by atoms with Crippen LogP contribution in [0.1, 0.15) is 27.0 Å². The third-order valence-corrected chi connectivity index (χ3v) is 4.37. The summed E-state index contributed by atoms with van der Waals surface area (Å²) in [6.07, 6.45) is 0. The van der Waals surface area contributed by atoms with Crippen molar-refractivity contribution in [3.05, 3.63) is 93.0 Å². The molecule has 0 unspecified atom stereocenters. The average molecular weight is 361 g/mol. The van der Waals surface area contributed by atoms with Gasteiger partial charge in [0.2, 0.25) is 0 Å². The summed E-state index contributed by atoms with van der Waals surface area (Å²) < 4.78 is 5.46. The molecule has 5 heteroatoms. The number of carbonyl (C=O) groups excluding carboxylic acids is 1. The van der Waals surface area contributed by atoms with Crippen molar-refractivity contribution in [3.63, 3.8) is 0 Å². The molecular formula is C22H19NO4. The largest absolute Gasteiger partial charge is 0.423 e. The first-order valence-corrected chi connectivity index (χ1v) is 8.50. The molecule has 5 nitrogen and oxygen atoms in total. The Morgan fingerprint density at radius 2 is 1.63 bits per heavy atom. The van der Waals surface area contributed by atoms with Gasteiger partial charge in [-0.15, -0.1) is 0 Å². The van der Waals surface area contributed by atoms with Crippen molar-refractivity contribution in [2.45, 2.75) is 20.8 Å². The third kappa shape index (κ3) is 4.03. The van der Waals surface area contributed by atoms with Gasteiger partial charge in [-0.3, -0.25) is 10.1 Å². The summed E-state index contributed by atoms with van der Waals surface area (Å²) in [7, 11) is 0. The van der Waals surface area contributed by atoms with Crippen LogP contribution in [0.25, 0.3) is 11.1 Å². The van der Waals surface area contributed by atoms with Gasteiger partial charge in [-0.1, -0.05) is 42.0 Å². The Morgan fingerprint density at radius 1 is 0.889 bits per heavy atom. The van der Waals surface area contributed by atoms with Crippen molar-refractivity contribution in [1.29, 1.82) is 0 Å². The molecule has 0 aliphatic heterocycles. The van der Waals surface area contributed by atoms with Crippen LogP contribution in [0.5, 0.6) is 5.75 Å². The number of carbonyl (C=O) groups is 1. The van der Waals surface area contributed by atoms with Crippen molar-refractivity contribution >= 4 is 11.7 Å². The van der Waals surface area contributed by atoms with E-state index in [0.717, 1.165) is 16.7 Å². The van der Waals surface area contributed by atoms with Gasteiger partial charge in [0.15, 0.2) is 0 Å². The van der Waals surface area contributed by atoms with E-state index in [1.165, 1.54) is 17.7 Å². The lowest BCUT2D eigenvalue weighted by molar-refractivity contribution is -0.385.